The molecule has 4 atom stereocenters. The minimum atomic E-state index is -0.267. The molecular formula is C34H36BrHgNO3. The van der Waals surface area contributed by atoms with Gasteiger partial charge in [0.25, 0.3) is 0 Å². The van der Waals surface area contributed by atoms with Gasteiger partial charge < -0.3 is 31.2 Å². The minimum Gasteiger partial charge on any atom is -1.00 e. The number of nitrogens with zero attached hydrogens (tertiary/aromatic N) is 1. The number of hydrogen-bond donors (Lipinski definition) is 0. The number of ether oxygens (including phenoxy) is 3. The first-order valence-corrected chi connectivity index (χ1v) is 13.3. The van der Waals surface area contributed by atoms with Crippen LogP contribution < -0.4 is 17.0 Å². The quantitative estimate of drug-likeness (QED) is 0.218. The van der Waals surface area contributed by atoms with E-state index in [1.807, 2.05) is 60.7 Å². The fraction of sp³-hybridized carbons (Fsp3) is 0.265. The molecule has 4 aromatic rings. The third kappa shape index (κ3) is 9.33. The number of likely N-dealkylation sites (tertiary alicyclic amines) is 1. The third-order valence-electron chi connectivity index (χ3n) is 7.06. The zero-order chi connectivity index (χ0) is 26.0. The molecule has 0 saturated carbocycles. The van der Waals surface area contributed by atoms with Gasteiger partial charge in [-0.15, -0.1) is 0 Å². The summed E-state index contributed by atoms with van der Waals surface area (Å²) in [6, 6.07) is 41.3. The summed E-state index contributed by atoms with van der Waals surface area (Å²) in [6.07, 6.45) is -0.712. The Labute approximate surface area is 269 Å². The van der Waals surface area contributed by atoms with Gasteiger partial charge in [0.15, 0.2) is 0 Å². The monoisotopic (exact) mass is 787 g/mol. The molecule has 0 spiro atoms. The Morgan fingerprint density at radius 2 is 0.925 bits per heavy atom. The Morgan fingerprint density at radius 1 is 0.550 bits per heavy atom. The Balaban J connectivity index is 0.00000220. The van der Waals surface area contributed by atoms with Gasteiger partial charge in [0.05, 0.1) is 25.9 Å². The van der Waals surface area contributed by atoms with Crippen molar-refractivity contribution in [2.45, 2.75) is 50.7 Å². The largest absolute Gasteiger partial charge is 1.00 e. The van der Waals surface area contributed by atoms with Crippen molar-refractivity contribution in [3.05, 3.63) is 151 Å². The predicted octanol–water partition coefficient (Wildman–Crippen LogP) is 3.46. The second kappa shape index (κ2) is 17.2. The first-order valence-electron chi connectivity index (χ1n) is 13.3. The molecule has 1 heterocycles. The summed E-state index contributed by atoms with van der Waals surface area (Å²) in [4.78, 5) is 2.36. The summed E-state index contributed by atoms with van der Waals surface area (Å²) in [6.45, 7) is 7.58. The van der Waals surface area contributed by atoms with Gasteiger partial charge in [-0.1, -0.05) is 121 Å². The van der Waals surface area contributed by atoms with Gasteiger partial charge in [-0.25, -0.2) is 0 Å². The van der Waals surface area contributed by atoms with Crippen LogP contribution in [0, 0.1) is 6.92 Å². The fourth-order valence-electron chi connectivity index (χ4n) is 4.97. The Bertz CT molecular complexity index is 1170. The van der Waals surface area contributed by atoms with Gasteiger partial charge in [-0.3, -0.25) is 4.90 Å². The summed E-state index contributed by atoms with van der Waals surface area (Å²) >= 11 is 0. The summed E-state index contributed by atoms with van der Waals surface area (Å²) in [5, 5.41) is 0. The molecular weight excluding hydrogens is 751 g/mol. The topological polar surface area (TPSA) is 30.9 Å². The minimum absolute atomic E-state index is 0. The van der Waals surface area contributed by atoms with Crippen molar-refractivity contribution in [2.75, 3.05) is 6.54 Å². The standard InChI is InChI=1S/C34H36NO3.BrH.Hg/c1-27-33(37-25-30-18-10-4-11-19-30)34(38-26-31-20-12-5-13-21-31)32(36-24-29-16-8-3-9-17-29)23-35(27)22-28-14-6-2-7-15-28;;/h2-21,27,32-34H,1,22-26H2;1H;/q;;+1/p-1/t27-,32+,33-,34-;;/m1../s1. The van der Waals surface area contributed by atoms with Crippen LogP contribution in [0.25, 0.3) is 0 Å². The third-order valence-corrected chi connectivity index (χ3v) is 7.06. The molecule has 1 aliphatic heterocycles. The molecule has 2 radical (unpaired) electrons. The van der Waals surface area contributed by atoms with Crippen molar-refractivity contribution < 1.29 is 58.9 Å². The van der Waals surface area contributed by atoms with Gasteiger partial charge in [0, 0.05) is 19.1 Å². The van der Waals surface area contributed by atoms with Gasteiger partial charge in [0.1, 0.15) is 12.2 Å². The summed E-state index contributed by atoms with van der Waals surface area (Å²) in [7, 11) is 0. The SMILES string of the molecule is [Br-].[CH2][C@@H]1[C@@H](OCc2ccccc2)[C@H](OCc2ccccc2)[C@@H](OCc2ccccc2)CN1Cc1ccccc1.[Hg+]. The molecule has 1 fully saturated rings. The number of hydrogen-bond acceptors (Lipinski definition) is 4. The van der Waals surface area contributed by atoms with Gasteiger partial charge >= 0.3 is 27.7 Å². The Morgan fingerprint density at radius 3 is 1.38 bits per heavy atom. The predicted molar refractivity (Wildman–Crippen MR) is 151 cm³/mol. The van der Waals surface area contributed by atoms with E-state index in [2.05, 4.69) is 72.5 Å². The molecule has 4 nitrogen and oxygen atoms in total. The van der Waals surface area contributed by atoms with Crippen molar-refractivity contribution in [3.8, 4) is 0 Å². The number of halogens is 1. The zero-order valence-corrected chi connectivity index (χ0v) is 29.9. The van der Waals surface area contributed by atoms with Crippen molar-refractivity contribution >= 4 is 0 Å². The second-order valence-corrected chi connectivity index (χ2v) is 9.84. The molecule has 6 heteroatoms. The van der Waals surface area contributed by atoms with Crippen molar-refractivity contribution in [2.24, 2.45) is 0 Å². The van der Waals surface area contributed by atoms with Crippen molar-refractivity contribution in [1.82, 2.24) is 4.90 Å². The van der Waals surface area contributed by atoms with E-state index in [1.54, 1.807) is 0 Å². The zero-order valence-electron chi connectivity index (χ0n) is 22.9. The van der Waals surface area contributed by atoms with Crippen LogP contribution in [0.4, 0.5) is 0 Å². The molecule has 0 aliphatic carbocycles. The van der Waals surface area contributed by atoms with Gasteiger partial charge in [0.2, 0.25) is 0 Å². The van der Waals surface area contributed by atoms with Crippen LogP contribution in [0.3, 0.4) is 0 Å². The van der Waals surface area contributed by atoms with Crippen molar-refractivity contribution in [3.63, 3.8) is 0 Å². The van der Waals surface area contributed by atoms with Crippen LogP contribution >= 0.6 is 0 Å². The van der Waals surface area contributed by atoms with Crippen LogP contribution in [-0.4, -0.2) is 35.8 Å². The molecule has 4 aromatic carbocycles. The summed E-state index contributed by atoms with van der Waals surface area (Å²) < 4.78 is 19.8. The van der Waals surface area contributed by atoms with Crippen LogP contribution in [0.1, 0.15) is 22.3 Å². The maximum atomic E-state index is 6.62. The molecule has 0 aromatic heterocycles. The summed E-state index contributed by atoms with van der Waals surface area (Å²) in [5.74, 6) is 0. The molecule has 1 aliphatic rings. The van der Waals surface area contributed by atoms with E-state index < -0.39 is 0 Å². The van der Waals surface area contributed by atoms with E-state index in [4.69, 9.17) is 14.2 Å². The van der Waals surface area contributed by atoms with E-state index >= 15 is 0 Å². The van der Waals surface area contributed by atoms with E-state index in [-0.39, 0.29) is 69.0 Å². The smallest absolute Gasteiger partial charge is 1.00 e. The normalized spacial score (nSPS) is 20.7. The van der Waals surface area contributed by atoms with E-state index in [1.165, 1.54) is 5.56 Å². The van der Waals surface area contributed by atoms with E-state index in [9.17, 15) is 0 Å². The molecule has 5 rings (SSSR count). The molecule has 40 heavy (non-hydrogen) atoms. The molecule has 204 valence electrons. The van der Waals surface area contributed by atoms with Gasteiger partial charge in [-0.05, 0) is 29.2 Å². The van der Waals surface area contributed by atoms with Gasteiger partial charge in [-0.2, -0.15) is 0 Å². The number of rotatable bonds is 11. The molecule has 1 saturated heterocycles. The summed E-state index contributed by atoms with van der Waals surface area (Å²) in [5.41, 5.74) is 4.64. The number of benzene rings is 4. The van der Waals surface area contributed by atoms with Crippen LogP contribution in [0.15, 0.2) is 121 Å². The van der Waals surface area contributed by atoms with E-state index in [0.717, 1.165) is 23.2 Å². The number of piperidine rings is 1. The molecule has 0 bridgehead atoms. The molecule has 0 N–H and O–H groups in total. The van der Waals surface area contributed by atoms with Crippen LogP contribution in [-0.2, 0) is 68.2 Å². The fourth-order valence-corrected chi connectivity index (χ4v) is 4.97. The Kier molecular flexibility index (Phi) is 14.0. The maximum Gasteiger partial charge on any atom is 1.00 e. The molecule has 0 amide bonds. The average Bonchev–Trinajstić information content (AvgIpc) is 2.98. The average molecular weight is 787 g/mol. The first kappa shape index (κ1) is 32.6. The maximum absolute atomic E-state index is 6.62. The molecule has 0 unspecified atom stereocenters. The van der Waals surface area contributed by atoms with Crippen molar-refractivity contribution in [1.29, 1.82) is 0 Å². The van der Waals surface area contributed by atoms with Crippen LogP contribution in [0.2, 0.25) is 0 Å². The van der Waals surface area contributed by atoms with Crippen LogP contribution in [0.5, 0.6) is 0 Å². The first-order chi connectivity index (χ1) is 18.8. The van der Waals surface area contributed by atoms with E-state index in [0.29, 0.717) is 26.4 Å². The second-order valence-electron chi connectivity index (χ2n) is 9.84. The Hall–Kier alpha value is -1.86.